The quantitative estimate of drug-likeness (QED) is 0.687. The fraction of sp³-hybridized carbons (Fsp3) is 0.615. The molecular weight excluding hydrogens is 287 g/mol. The molecule has 1 aromatic heterocycles. The van der Waals surface area contributed by atoms with Gasteiger partial charge in [0.2, 0.25) is 0 Å². The second-order valence-electron chi connectivity index (χ2n) is 4.56. The lowest BCUT2D eigenvalue weighted by atomic mass is 10.2. The Morgan fingerprint density at radius 1 is 1.33 bits per heavy atom. The average Bonchev–Trinajstić information content (AvgIpc) is 2.30. The van der Waals surface area contributed by atoms with Gasteiger partial charge in [-0.15, -0.1) is 11.8 Å². The molecule has 18 heavy (non-hydrogen) atoms. The number of hydrogen-bond acceptors (Lipinski definition) is 3. The van der Waals surface area contributed by atoms with E-state index in [4.69, 9.17) is 23.2 Å². The Hall–Kier alpha value is -0.120. The Bertz CT molecular complexity index is 383. The largest absolute Gasteiger partial charge is 0.369 e. The van der Waals surface area contributed by atoms with Crippen LogP contribution >= 0.6 is 35.0 Å². The second-order valence-corrected chi connectivity index (χ2v) is 6.46. The van der Waals surface area contributed by atoms with Crippen LogP contribution in [0.25, 0.3) is 0 Å². The van der Waals surface area contributed by atoms with E-state index in [1.54, 1.807) is 17.8 Å². The zero-order chi connectivity index (χ0) is 13.5. The molecule has 0 unspecified atom stereocenters. The van der Waals surface area contributed by atoms with Crippen molar-refractivity contribution in [2.75, 3.05) is 17.6 Å². The first-order chi connectivity index (χ1) is 8.54. The molecule has 1 rings (SSSR count). The molecule has 0 bridgehead atoms. The Balaban J connectivity index is 2.71. The summed E-state index contributed by atoms with van der Waals surface area (Å²) in [4.78, 5) is 4.49. The van der Waals surface area contributed by atoms with Crippen molar-refractivity contribution in [1.82, 2.24) is 4.98 Å². The van der Waals surface area contributed by atoms with Gasteiger partial charge in [0.25, 0.3) is 0 Å². The summed E-state index contributed by atoms with van der Waals surface area (Å²) in [7, 11) is 0. The Kier molecular flexibility index (Phi) is 7.20. The minimum Gasteiger partial charge on any atom is -0.369 e. The summed E-state index contributed by atoms with van der Waals surface area (Å²) in [5.74, 6) is 2.45. The van der Waals surface area contributed by atoms with Crippen LogP contribution in [0.4, 0.5) is 5.82 Å². The van der Waals surface area contributed by atoms with Crippen LogP contribution in [0.3, 0.4) is 0 Å². The van der Waals surface area contributed by atoms with Gasteiger partial charge in [0.05, 0.1) is 10.0 Å². The summed E-state index contributed by atoms with van der Waals surface area (Å²) < 4.78 is 0. The molecule has 1 N–H and O–H groups in total. The van der Waals surface area contributed by atoms with Crippen molar-refractivity contribution in [1.29, 1.82) is 0 Å². The molecular formula is C13H20Cl2N2S. The Labute approximate surface area is 124 Å². The summed E-state index contributed by atoms with van der Waals surface area (Å²) in [5.41, 5.74) is 0. The lowest BCUT2D eigenvalue weighted by Gasteiger charge is -2.10. The molecule has 0 spiro atoms. The van der Waals surface area contributed by atoms with Crippen molar-refractivity contribution < 1.29 is 0 Å². The van der Waals surface area contributed by atoms with Crippen molar-refractivity contribution in [2.24, 2.45) is 5.92 Å². The molecule has 5 heteroatoms. The summed E-state index contributed by atoms with van der Waals surface area (Å²) >= 11 is 13.9. The van der Waals surface area contributed by atoms with Gasteiger partial charge in [0.1, 0.15) is 10.8 Å². The van der Waals surface area contributed by atoms with E-state index in [0.717, 1.165) is 36.0 Å². The van der Waals surface area contributed by atoms with Gasteiger partial charge in [-0.1, -0.05) is 44.0 Å². The van der Waals surface area contributed by atoms with Crippen molar-refractivity contribution in [3.8, 4) is 0 Å². The number of nitrogens with zero attached hydrogens (tertiary/aromatic N) is 1. The molecule has 0 fully saturated rings. The molecule has 0 saturated heterocycles. The van der Waals surface area contributed by atoms with E-state index in [2.05, 4.69) is 31.1 Å². The molecule has 0 aromatic carbocycles. The smallest absolute Gasteiger partial charge is 0.146 e. The maximum absolute atomic E-state index is 6.16. The topological polar surface area (TPSA) is 24.9 Å². The van der Waals surface area contributed by atoms with E-state index < -0.39 is 0 Å². The third kappa shape index (κ3) is 5.25. The third-order valence-electron chi connectivity index (χ3n) is 2.37. The molecule has 0 aliphatic rings. The highest BCUT2D eigenvalue weighted by Gasteiger charge is 2.09. The summed E-state index contributed by atoms with van der Waals surface area (Å²) in [6, 6.07) is 1.77. The van der Waals surface area contributed by atoms with Gasteiger partial charge in [-0.25, -0.2) is 4.98 Å². The number of aromatic nitrogens is 1. The zero-order valence-corrected chi connectivity index (χ0v) is 13.4. The number of thioether (sulfide) groups is 1. The Morgan fingerprint density at radius 3 is 2.67 bits per heavy atom. The highest BCUT2D eigenvalue weighted by atomic mass is 35.5. The van der Waals surface area contributed by atoms with E-state index >= 15 is 0 Å². The molecule has 0 amide bonds. The molecule has 1 heterocycles. The molecule has 0 atom stereocenters. The number of nitrogens with one attached hydrogen (secondary N) is 1. The van der Waals surface area contributed by atoms with Crippen LogP contribution < -0.4 is 5.32 Å². The number of anilines is 1. The van der Waals surface area contributed by atoms with E-state index in [1.165, 1.54) is 0 Å². The summed E-state index contributed by atoms with van der Waals surface area (Å²) in [6.45, 7) is 7.40. The summed E-state index contributed by atoms with van der Waals surface area (Å²) in [6.07, 6.45) is 2.19. The lowest BCUT2D eigenvalue weighted by Crippen LogP contribution is -2.03. The Morgan fingerprint density at radius 2 is 2.06 bits per heavy atom. The predicted molar refractivity (Wildman–Crippen MR) is 83.2 cm³/mol. The van der Waals surface area contributed by atoms with Gasteiger partial charge in [0, 0.05) is 6.54 Å². The molecule has 0 radical (unpaired) electrons. The van der Waals surface area contributed by atoms with E-state index in [-0.39, 0.29) is 0 Å². The average molecular weight is 307 g/mol. The maximum atomic E-state index is 6.16. The van der Waals surface area contributed by atoms with Gasteiger partial charge in [-0.2, -0.15) is 0 Å². The summed E-state index contributed by atoms with van der Waals surface area (Å²) in [5, 5.41) is 5.30. The molecule has 0 aliphatic heterocycles. The fourth-order valence-electron chi connectivity index (χ4n) is 1.31. The van der Waals surface area contributed by atoms with Gasteiger partial charge in [-0.3, -0.25) is 0 Å². The van der Waals surface area contributed by atoms with Gasteiger partial charge in [0.15, 0.2) is 0 Å². The van der Waals surface area contributed by atoms with Crippen molar-refractivity contribution in [3.05, 3.63) is 16.1 Å². The van der Waals surface area contributed by atoms with Gasteiger partial charge >= 0.3 is 0 Å². The monoisotopic (exact) mass is 306 g/mol. The van der Waals surface area contributed by atoms with Crippen LogP contribution in [-0.4, -0.2) is 17.3 Å². The zero-order valence-electron chi connectivity index (χ0n) is 11.1. The second kappa shape index (κ2) is 8.13. The number of halogens is 2. The highest BCUT2D eigenvalue weighted by molar-refractivity contribution is 7.99. The van der Waals surface area contributed by atoms with E-state index in [1.807, 2.05) is 0 Å². The SMILES string of the molecule is CCCNc1nc(SCCC(C)C)c(Cl)cc1Cl. The first kappa shape index (κ1) is 15.9. The number of hydrogen-bond donors (Lipinski definition) is 1. The van der Waals surface area contributed by atoms with Gasteiger partial charge in [-0.05, 0) is 30.6 Å². The third-order valence-corrected chi connectivity index (χ3v) is 4.09. The predicted octanol–water partition coefficient (Wildman–Crippen LogP) is 5.35. The molecule has 0 aliphatic carbocycles. The van der Waals surface area contributed by atoms with Crippen LogP contribution in [0, 0.1) is 5.92 Å². The molecule has 102 valence electrons. The first-order valence-electron chi connectivity index (χ1n) is 6.27. The first-order valence-corrected chi connectivity index (χ1v) is 8.01. The molecule has 0 saturated carbocycles. The normalized spacial score (nSPS) is 11.0. The van der Waals surface area contributed by atoms with Crippen molar-refractivity contribution in [2.45, 2.75) is 38.6 Å². The molecule has 2 nitrogen and oxygen atoms in total. The van der Waals surface area contributed by atoms with Crippen LogP contribution in [0.5, 0.6) is 0 Å². The van der Waals surface area contributed by atoms with E-state index in [0.29, 0.717) is 16.0 Å². The van der Waals surface area contributed by atoms with Crippen molar-refractivity contribution >= 4 is 40.8 Å². The van der Waals surface area contributed by atoms with Crippen LogP contribution in [0.15, 0.2) is 11.1 Å². The van der Waals surface area contributed by atoms with Crippen molar-refractivity contribution in [3.63, 3.8) is 0 Å². The lowest BCUT2D eigenvalue weighted by molar-refractivity contribution is 0.632. The van der Waals surface area contributed by atoms with E-state index in [9.17, 15) is 0 Å². The molecule has 1 aromatic rings. The standard InChI is InChI=1S/C13H20Cl2N2S/c1-4-6-16-12-10(14)8-11(15)13(17-12)18-7-5-9(2)3/h8-9H,4-7H2,1-3H3,(H,16,17). The van der Waals surface area contributed by atoms with Crippen LogP contribution in [-0.2, 0) is 0 Å². The minimum atomic E-state index is 0.585. The number of rotatable bonds is 7. The maximum Gasteiger partial charge on any atom is 0.146 e. The fourth-order valence-corrected chi connectivity index (χ4v) is 3.03. The van der Waals surface area contributed by atoms with Crippen LogP contribution in [0.2, 0.25) is 10.0 Å². The number of pyridine rings is 1. The van der Waals surface area contributed by atoms with Crippen LogP contribution in [0.1, 0.15) is 33.6 Å². The van der Waals surface area contributed by atoms with Gasteiger partial charge < -0.3 is 5.32 Å². The minimum absolute atomic E-state index is 0.585. The highest BCUT2D eigenvalue weighted by Crippen LogP contribution is 2.32.